The number of hydrogen-bond donors (Lipinski definition) is 2. The number of carboxylic acid groups (broad SMARTS) is 1. The van der Waals surface area contributed by atoms with Crippen LogP contribution in [0, 0.1) is 0 Å². The van der Waals surface area contributed by atoms with E-state index in [1.807, 2.05) is 0 Å². The number of carbonyl (C=O) groups is 1. The number of rotatable bonds is 1. The lowest BCUT2D eigenvalue weighted by atomic mass is 10.3. The molecule has 0 atom stereocenters. The van der Waals surface area contributed by atoms with Crippen LogP contribution in [0.3, 0.4) is 0 Å². The first-order chi connectivity index (χ1) is 5.66. The third kappa shape index (κ3) is 1.29. The maximum Gasteiger partial charge on any atom is 0.356 e. The number of hydrogen-bond acceptors (Lipinski definition) is 3. The first-order valence-corrected chi connectivity index (χ1v) is 3.24. The van der Waals surface area contributed by atoms with Crippen LogP contribution in [0.1, 0.15) is 10.5 Å². The van der Waals surface area contributed by atoms with Crippen LogP contribution in [0.25, 0.3) is 0 Å². The molecular weight excluding hydrogens is 160 g/mol. The van der Waals surface area contributed by atoms with Crippen molar-refractivity contribution >= 4 is 5.97 Å². The summed E-state index contributed by atoms with van der Waals surface area (Å²) < 4.78 is 0.530. The SMILES string of the molecule is CN=c1cccc(C(=O)O)n1O. The topological polar surface area (TPSA) is 74.8 Å². The molecule has 0 saturated carbocycles. The summed E-state index contributed by atoms with van der Waals surface area (Å²) in [5.74, 6) is -1.19. The lowest BCUT2D eigenvalue weighted by Crippen LogP contribution is -2.23. The summed E-state index contributed by atoms with van der Waals surface area (Å²) in [4.78, 5) is 14.1. The van der Waals surface area contributed by atoms with Gasteiger partial charge in [0.05, 0.1) is 0 Å². The summed E-state index contributed by atoms with van der Waals surface area (Å²) >= 11 is 0. The summed E-state index contributed by atoms with van der Waals surface area (Å²) in [5, 5.41) is 17.8. The lowest BCUT2D eigenvalue weighted by Gasteiger charge is -2.01. The molecular formula is C7H8N2O3. The van der Waals surface area contributed by atoms with Gasteiger partial charge in [0.15, 0.2) is 11.2 Å². The maximum absolute atomic E-state index is 10.5. The van der Waals surface area contributed by atoms with Gasteiger partial charge in [-0.05, 0) is 12.1 Å². The summed E-state index contributed by atoms with van der Waals surface area (Å²) in [6.07, 6.45) is 0. The molecule has 0 aliphatic carbocycles. The minimum absolute atomic E-state index is 0.204. The van der Waals surface area contributed by atoms with Crippen molar-refractivity contribution in [3.63, 3.8) is 0 Å². The van der Waals surface area contributed by atoms with Crippen LogP contribution in [0.5, 0.6) is 0 Å². The van der Waals surface area contributed by atoms with Gasteiger partial charge in [0.25, 0.3) is 0 Å². The number of nitrogens with zero attached hydrogens (tertiary/aromatic N) is 2. The van der Waals surface area contributed by atoms with Gasteiger partial charge in [0.2, 0.25) is 0 Å². The Kier molecular flexibility index (Phi) is 2.14. The van der Waals surface area contributed by atoms with Crippen LogP contribution in [-0.4, -0.2) is 28.1 Å². The molecule has 0 radical (unpaired) electrons. The van der Waals surface area contributed by atoms with E-state index >= 15 is 0 Å². The highest BCUT2D eigenvalue weighted by Gasteiger charge is 2.06. The summed E-state index contributed by atoms with van der Waals surface area (Å²) in [6.45, 7) is 0. The van der Waals surface area contributed by atoms with E-state index in [9.17, 15) is 10.0 Å². The van der Waals surface area contributed by atoms with Gasteiger partial charge in [-0.25, -0.2) is 4.79 Å². The second kappa shape index (κ2) is 3.08. The number of aromatic nitrogens is 1. The zero-order valence-electron chi connectivity index (χ0n) is 6.43. The Hall–Kier alpha value is -1.78. The Morgan fingerprint density at radius 1 is 1.58 bits per heavy atom. The third-order valence-corrected chi connectivity index (χ3v) is 1.39. The highest BCUT2D eigenvalue weighted by atomic mass is 16.5. The second-order valence-electron chi connectivity index (χ2n) is 2.11. The monoisotopic (exact) mass is 168 g/mol. The van der Waals surface area contributed by atoms with E-state index < -0.39 is 5.97 Å². The van der Waals surface area contributed by atoms with Crippen LogP contribution in [0.15, 0.2) is 23.2 Å². The average molecular weight is 168 g/mol. The fourth-order valence-electron chi connectivity index (χ4n) is 0.821. The smallest absolute Gasteiger partial charge is 0.356 e. The maximum atomic E-state index is 10.5. The molecule has 5 heteroatoms. The minimum Gasteiger partial charge on any atom is -0.476 e. The summed E-state index contributed by atoms with van der Waals surface area (Å²) in [7, 11) is 1.47. The molecule has 5 nitrogen and oxygen atoms in total. The molecule has 0 unspecified atom stereocenters. The van der Waals surface area contributed by atoms with E-state index in [-0.39, 0.29) is 11.2 Å². The summed E-state index contributed by atoms with van der Waals surface area (Å²) in [5.41, 5.74) is -0.00648. The first kappa shape index (κ1) is 8.32. The fourth-order valence-corrected chi connectivity index (χ4v) is 0.821. The molecule has 0 amide bonds. The van der Waals surface area contributed by atoms with Crippen LogP contribution < -0.4 is 5.49 Å². The van der Waals surface area contributed by atoms with E-state index in [0.717, 1.165) is 0 Å². The molecule has 0 aliphatic heterocycles. The molecule has 0 aromatic carbocycles. The van der Waals surface area contributed by atoms with Gasteiger partial charge < -0.3 is 10.3 Å². The Morgan fingerprint density at radius 2 is 2.25 bits per heavy atom. The quantitative estimate of drug-likeness (QED) is 0.577. The van der Waals surface area contributed by atoms with Gasteiger partial charge in [-0.1, -0.05) is 6.07 Å². The van der Waals surface area contributed by atoms with Crippen molar-refractivity contribution in [2.75, 3.05) is 7.05 Å². The first-order valence-electron chi connectivity index (χ1n) is 3.24. The highest BCUT2D eigenvalue weighted by Crippen LogP contribution is 1.92. The Balaban J connectivity index is 3.44. The number of aromatic carboxylic acids is 1. The Morgan fingerprint density at radius 3 is 2.75 bits per heavy atom. The molecule has 1 aromatic rings. The molecule has 64 valence electrons. The standard InChI is InChI=1S/C7H8N2O3/c1-8-6-4-2-3-5(7(10)11)9(6)12/h2-4,12H,1H3,(H,10,11). The predicted molar refractivity (Wildman–Crippen MR) is 40.1 cm³/mol. The van der Waals surface area contributed by atoms with Crippen molar-refractivity contribution < 1.29 is 15.1 Å². The molecule has 12 heavy (non-hydrogen) atoms. The Bertz CT molecular complexity index is 367. The van der Waals surface area contributed by atoms with Crippen molar-refractivity contribution in [3.8, 4) is 0 Å². The van der Waals surface area contributed by atoms with E-state index in [1.54, 1.807) is 0 Å². The van der Waals surface area contributed by atoms with Gasteiger partial charge in [0.1, 0.15) is 0 Å². The molecule has 0 spiro atoms. The van der Waals surface area contributed by atoms with Gasteiger partial charge in [-0.2, -0.15) is 4.73 Å². The third-order valence-electron chi connectivity index (χ3n) is 1.39. The van der Waals surface area contributed by atoms with Crippen molar-refractivity contribution in [2.45, 2.75) is 0 Å². The lowest BCUT2D eigenvalue weighted by molar-refractivity contribution is 0.0633. The van der Waals surface area contributed by atoms with Crippen LogP contribution >= 0.6 is 0 Å². The summed E-state index contributed by atoms with van der Waals surface area (Å²) in [6, 6.07) is 4.31. The number of pyridine rings is 1. The van der Waals surface area contributed by atoms with Crippen LogP contribution in [-0.2, 0) is 0 Å². The molecule has 1 aromatic heterocycles. The van der Waals surface area contributed by atoms with Crippen molar-refractivity contribution in [3.05, 3.63) is 29.4 Å². The molecule has 0 bridgehead atoms. The van der Waals surface area contributed by atoms with Gasteiger partial charge in [-0.3, -0.25) is 4.99 Å². The van der Waals surface area contributed by atoms with Gasteiger partial charge in [-0.15, -0.1) is 0 Å². The van der Waals surface area contributed by atoms with Gasteiger partial charge in [0, 0.05) is 7.05 Å². The zero-order valence-corrected chi connectivity index (χ0v) is 6.43. The molecule has 0 saturated heterocycles. The molecule has 0 fully saturated rings. The van der Waals surface area contributed by atoms with E-state index in [4.69, 9.17) is 5.11 Å². The highest BCUT2D eigenvalue weighted by molar-refractivity contribution is 5.85. The zero-order chi connectivity index (χ0) is 9.14. The predicted octanol–water partition coefficient (Wildman–Crippen LogP) is -0.0459. The van der Waals surface area contributed by atoms with E-state index in [2.05, 4.69) is 4.99 Å². The van der Waals surface area contributed by atoms with E-state index in [0.29, 0.717) is 4.73 Å². The largest absolute Gasteiger partial charge is 0.476 e. The van der Waals surface area contributed by atoms with Crippen molar-refractivity contribution in [1.82, 2.24) is 4.73 Å². The fraction of sp³-hybridized carbons (Fsp3) is 0.143. The molecule has 1 rings (SSSR count). The Labute approximate surface area is 68.2 Å². The average Bonchev–Trinajstić information content (AvgIpc) is 2.04. The van der Waals surface area contributed by atoms with Crippen molar-refractivity contribution in [2.24, 2.45) is 4.99 Å². The van der Waals surface area contributed by atoms with E-state index in [1.165, 1.54) is 25.2 Å². The minimum atomic E-state index is -1.19. The van der Waals surface area contributed by atoms with Crippen LogP contribution in [0.2, 0.25) is 0 Å². The normalized spacial score (nSPS) is 11.6. The van der Waals surface area contributed by atoms with Crippen molar-refractivity contribution in [1.29, 1.82) is 0 Å². The molecule has 1 heterocycles. The molecule has 0 aliphatic rings. The van der Waals surface area contributed by atoms with Gasteiger partial charge >= 0.3 is 5.97 Å². The molecule has 2 N–H and O–H groups in total. The number of carboxylic acids is 1. The second-order valence-corrected chi connectivity index (χ2v) is 2.11. The van der Waals surface area contributed by atoms with Crippen LogP contribution in [0.4, 0.5) is 0 Å².